The van der Waals surface area contributed by atoms with Gasteiger partial charge < -0.3 is 14.1 Å². The highest BCUT2D eigenvalue weighted by Gasteiger charge is 2.30. The molecule has 1 saturated heterocycles. The van der Waals surface area contributed by atoms with Crippen LogP contribution in [0.3, 0.4) is 0 Å². The molecule has 3 heterocycles. The van der Waals surface area contributed by atoms with Gasteiger partial charge in [-0.3, -0.25) is 4.79 Å². The average molecular weight is 428 g/mol. The maximum Gasteiger partial charge on any atom is 0.310 e. The highest BCUT2D eigenvalue weighted by molar-refractivity contribution is 5.86. The third-order valence-electron chi connectivity index (χ3n) is 5.63. The number of piperidine rings is 1. The van der Waals surface area contributed by atoms with E-state index < -0.39 is 0 Å². The van der Waals surface area contributed by atoms with Crippen molar-refractivity contribution in [1.29, 1.82) is 0 Å². The Morgan fingerprint density at radius 1 is 1.03 bits per heavy atom. The van der Waals surface area contributed by atoms with E-state index in [0.29, 0.717) is 41.9 Å². The minimum absolute atomic E-state index is 0.159. The number of carbonyl (C=O) groups excluding carboxylic acids is 1. The van der Waals surface area contributed by atoms with Crippen LogP contribution < -0.4 is 4.90 Å². The number of fused-ring (bicyclic) bond motifs is 1. The zero-order valence-corrected chi connectivity index (χ0v) is 17.9. The van der Waals surface area contributed by atoms with Crippen molar-refractivity contribution in [3.8, 4) is 22.8 Å². The monoisotopic (exact) mass is 428 g/mol. The van der Waals surface area contributed by atoms with Crippen molar-refractivity contribution in [2.45, 2.75) is 19.8 Å². The number of hydrogen-bond donors (Lipinski definition) is 0. The van der Waals surface area contributed by atoms with Gasteiger partial charge in [0.2, 0.25) is 17.1 Å². The van der Waals surface area contributed by atoms with Gasteiger partial charge in [-0.15, -0.1) is 0 Å². The van der Waals surface area contributed by atoms with E-state index in [4.69, 9.17) is 19.1 Å². The summed E-state index contributed by atoms with van der Waals surface area (Å²) in [6.45, 7) is 3.52. The van der Waals surface area contributed by atoms with Gasteiger partial charge in [-0.05, 0) is 31.9 Å². The lowest BCUT2D eigenvalue weighted by molar-refractivity contribution is -0.148. The van der Waals surface area contributed by atoms with Gasteiger partial charge in [0.1, 0.15) is 0 Å². The molecule has 0 spiro atoms. The summed E-state index contributed by atoms with van der Waals surface area (Å²) in [6.07, 6.45) is 1.68. The van der Waals surface area contributed by atoms with E-state index in [-0.39, 0.29) is 11.9 Å². The van der Waals surface area contributed by atoms with E-state index in [1.54, 1.807) is 0 Å². The Balaban J connectivity index is 1.61. The number of benzene rings is 2. The van der Waals surface area contributed by atoms with Crippen LogP contribution in [0, 0.1) is 5.92 Å². The van der Waals surface area contributed by atoms with Gasteiger partial charge in [-0.25, -0.2) is 9.97 Å². The fourth-order valence-corrected chi connectivity index (χ4v) is 4.07. The maximum absolute atomic E-state index is 12.4. The van der Waals surface area contributed by atoms with Crippen molar-refractivity contribution in [3.63, 3.8) is 0 Å². The Hall–Kier alpha value is -3.74. The molecule has 7 nitrogen and oxygen atoms in total. The number of ether oxygens (including phenoxy) is 1. The summed E-state index contributed by atoms with van der Waals surface area (Å²) < 4.78 is 11.5. The van der Waals surface area contributed by atoms with Gasteiger partial charge in [0.15, 0.2) is 11.6 Å². The second-order valence-electron chi connectivity index (χ2n) is 7.81. The zero-order valence-electron chi connectivity index (χ0n) is 17.9. The molecule has 5 rings (SSSR count). The van der Waals surface area contributed by atoms with Gasteiger partial charge in [0.05, 0.1) is 12.5 Å². The van der Waals surface area contributed by atoms with Crippen molar-refractivity contribution in [1.82, 2.24) is 15.0 Å². The summed E-state index contributed by atoms with van der Waals surface area (Å²) in [7, 11) is 0. The van der Waals surface area contributed by atoms with Crippen LogP contribution in [0.5, 0.6) is 0 Å². The zero-order chi connectivity index (χ0) is 21.9. The fourth-order valence-electron chi connectivity index (χ4n) is 4.07. The normalized spacial score (nSPS) is 16.3. The molecule has 1 aliphatic rings. The lowest BCUT2D eigenvalue weighted by Crippen LogP contribution is -2.40. The van der Waals surface area contributed by atoms with Crippen molar-refractivity contribution in [3.05, 3.63) is 60.7 Å². The molecule has 0 bridgehead atoms. The Bertz CT molecular complexity index is 1220. The van der Waals surface area contributed by atoms with Crippen LogP contribution in [0.4, 0.5) is 5.82 Å². The molecule has 162 valence electrons. The number of rotatable bonds is 5. The standard InChI is InChI=1S/C25H24N4O3/c1-2-31-25(30)19-14-9-15-29(16-19)23-20-22(26-21(27-23)17-10-5-3-6-11-17)28-24(32-20)18-12-7-4-8-13-18/h3-8,10-13,19H,2,9,14-16H2,1H3. The maximum atomic E-state index is 12.4. The Morgan fingerprint density at radius 3 is 2.47 bits per heavy atom. The van der Waals surface area contributed by atoms with Crippen molar-refractivity contribution >= 4 is 23.0 Å². The van der Waals surface area contributed by atoms with E-state index in [9.17, 15) is 4.79 Å². The minimum Gasteiger partial charge on any atom is -0.466 e. The summed E-state index contributed by atoms with van der Waals surface area (Å²) in [5, 5.41) is 0. The predicted octanol–water partition coefficient (Wildman–Crippen LogP) is 4.73. The quantitative estimate of drug-likeness (QED) is 0.425. The molecule has 32 heavy (non-hydrogen) atoms. The molecule has 1 unspecified atom stereocenters. The molecule has 1 aliphatic heterocycles. The molecule has 4 aromatic rings. The first kappa shape index (κ1) is 20.2. The van der Waals surface area contributed by atoms with Gasteiger partial charge in [-0.2, -0.15) is 4.98 Å². The second-order valence-corrected chi connectivity index (χ2v) is 7.81. The third kappa shape index (κ3) is 3.93. The molecular weight excluding hydrogens is 404 g/mol. The predicted molar refractivity (Wildman–Crippen MR) is 122 cm³/mol. The molecule has 0 aliphatic carbocycles. The van der Waals surface area contributed by atoms with Crippen LogP contribution in [0.25, 0.3) is 34.1 Å². The number of esters is 1. The highest BCUT2D eigenvalue weighted by Crippen LogP contribution is 2.33. The average Bonchev–Trinajstić information content (AvgIpc) is 3.29. The number of anilines is 1. The number of aromatic nitrogens is 3. The molecule has 0 saturated carbocycles. The summed E-state index contributed by atoms with van der Waals surface area (Å²) in [6, 6.07) is 19.6. The van der Waals surface area contributed by atoms with Gasteiger partial charge in [-0.1, -0.05) is 48.5 Å². The number of hydrogen-bond acceptors (Lipinski definition) is 7. The Morgan fingerprint density at radius 2 is 1.75 bits per heavy atom. The van der Waals surface area contributed by atoms with Crippen molar-refractivity contribution in [2.75, 3.05) is 24.6 Å². The van der Waals surface area contributed by atoms with E-state index >= 15 is 0 Å². The topological polar surface area (TPSA) is 81.4 Å². The van der Waals surface area contributed by atoms with E-state index in [2.05, 4.69) is 9.88 Å². The molecule has 2 aromatic heterocycles. The Labute approximate surface area is 186 Å². The fraction of sp³-hybridized carbons (Fsp3) is 0.280. The molecule has 1 atom stereocenters. The van der Waals surface area contributed by atoms with Crippen LogP contribution in [-0.4, -0.2) is 40.6 Å². The summed E-state index contributed by atoms with van der Waals surface area (Å²) in [5.41, 5.74) is 2.82. The van der Waals surface area contributed by atoms with E-state index in [1.807, 2.05) is 67.6 Å². The number of oxazole rings is 1. The van der Waals surface area contributed by atoms with Crippen LogP contribution in [-0.2, 0) is 9.53 Å². The molecule has 2 aromatic carbocycles. The van der Waals surface area contributed by atoms with Gasteiger partial charge in [0.25, 0.3) is 0 Å². The molecule has 0 amide bonds. The third-order valence-corrected chi connectivity index (χ3v) is 5.63. The van der Waals surface area contributed by atoms with Crippen molar-refractivity contribution in [2.24, 2.45) is 5.92 Å². The van der Waals surface area contributed by atoms with Gasteiger partial charge >= 0.3 is 5.97 Å². The van der Waals surface area contributed by atoms with Crippen LogP contribution in [0.2, 0.25) is 0 Å². The molecule has 1 fully saturated rings. The van der Waals surface area contributed by atoms with E-state index in [1.165, 1.54) is 0 Å². The molecule has 0 radical (unpaired) electrons. The first-order valence-corrected chi connectivity index (χ1v) is 10.9. The molecule has 0 N–H and O–H groups in total. The SMILES string of the molecule is CCOC(=O)C1CCCN(c2nc(-c3ccccc3)nc3nc(-c4ccccc4)oc23)C1. The molecule has 7 heteroatoms. The summed E-state index contributed by atoms with van der Waals surface area (Å²) in [5.74, 6) is 1.40. The van der Waals surface area contributed by atoms with Crippen LogP contribution >= 0.6 is 0 Å². The minimum atomic E-state index is -0.189. The Kier molecular flexibility index (Phi) is 5.54. The van der Waals surface area contributed by atoms with Crippen LogP contribution in [0.1, 0.15) is 19.8 Å². The van der Waals surface area contributed by atoms with E-state index in [0.717, 1.165) is 30.5 Å². The highest BCUT2D eigenvalue weighted by atomic mass is 16.5. The van der Waals surface area contributed by atoms with Crippen LogP contribution in [0.15, 0.2) is 65.1 Å². The summed E-state index contributed by atoms with van der Waals surface area (Å²) in [4.78, 5) is 28.7. The lowest BCUT2D eigenvalue weighted by atomic mass is 9.98. The number of nitrogens with zero attached hydrogens (tertiary/aromatic N) is 4. The van der Waals surface area contributed by atoms with Gasteiger partial charge in [0, 0.05) is 24.2 Å². The first-order chi connectivity index (χ1) is 15.7. The first-order valence-electron chi connectivity index (χ1n) is 10.9. The number of carbonyl (C=O) groups is 1. The lowest BCUT2D eigenvalue weighted by Gasteiger charge is -2.32. The largest absolute Gasteiger partial charge is 0.466 e. The summed E-state index contributed by atoms with van der Waals surface area (Å²) >= 11 is 0. The smallest absolute Gasteiger partial charge is 0.310 e. The molecular formula is C25H24N4O3. The van der Waals surface area contributed by atoms with Crippen molar-refractivity contribution < 1.29 is 13.9 Å². The second kappa shape index (κ2) is 8.78.